The zero-order valence-electron chi connectivity index (χ0n) is 19.5. The van der Waals surface area contributed by atoms with E-state index < -0.39 is 0 Å². The van der Waals surface area contributed by atoms with Gasteiger partial charge in [-0.15, -0.1) is 0 Å². The Kier molecular flexibility index (Phi) is 5.60. The SMILES string of the molecule is O=C(CC12CC3CC(CC(C3)C1)C2)NC(=S)Nc1cccc(NC(=O)c2cc3ccccc3o2)c1. The fourth-order valence-corrected chi connectivity index (χ4v) is 7.37. The van der Waals surface area contributed by atoms with E-state index in [4.69, 9.17) is 16.6 Å². The Bertz CT molecular complexity index is 1250. The van der Waals surface area contributed by atoms with Gasteiger partial charge in [-0.2, -0.15) is 0 Å². The fraction of sp³-hybridized carbons (Fsp3) is 0.393. The van der Waals surface area contributed by atoms with Crippen LogP contribution in [0.5, 0.6) is 0 Å². The number of carbonyl (C=O) groups excluding carboxylic acids is 2. The Balaban J connectivity index is 1.05. The summed E-state index contributed by atoms with van der Waals surface area (Å²) in [5.41, 5.74) is 2.13. The lowest BCUT2D eigenvalue weighted by Gasteiger charge is -2.56. The first kappa shape index (κ1) is 22.3. The molecule has 0 atom stereocenters. The molecule has 0 radical (unpaired) electrons. The van der Waals surface area contributed by atoms with E-state index in [0.717, 1.165) is 23.1 Å². The molecule has 3 N–H and O–H groups in total. The number of hydrogen-bond donors (Lipinski definition) is 3. The summed E-state index contributed by atoms with van der Waals surface area (Å²) in [7, 11) is 0. The number of thiocarbonyl (C=S) groups is 1. The van der Waals surface area contributed by atoms with Gasteiger partial charge in [-0.25, -0.2) is 0 Å². The molecule has 7 heteroatoms. The molecule has 1 heterocycles. The normalized spacial score (nSPS) is 26.5. The standard InChI is InChI=1S/C28H29N3O3S/c32-25(16-28-13-17-8-18(14-28)10-19(9-17)15-28)31-27(35)30-22-6-3-5-21(12-22)29-26(33)24-11-20-4-1-2-7-23(20)34-24/h1-7,11-12,17-19H,8-10,13-16H2,(H,29,33)(H2,30,31,32,35). The minimum atomic E-state index is -0.329. The van der Waals surface area contributed by atoms with Gasteiger partial charge in [-0.3, -0.25) is 9.59 Å². The molecular weight excluding hydrogens is 458 g/mol. The predicted molar refractivity (Wildman–Crippen MR) is 140 cm³/mol. The van der Waals surface area contributed by atoms with Crippen molar-refractivity contribution in [2.45, 2.75) is 44.9 Å². The van der Waals surface area contributed by atoms with Crippen LogP contribution in [0, 0.1) is 23.2 Å². The van der Waals surface area contributed by atoms with E-state index in [1.165, 1.54) is 38.5 Å². The van der Waals surface area contributed by atoms with E-state index in [2.05, 4.69) is 16.0 Å². The molecule has 2 aromatic carbocycles. The Morgan fingerprint density at radius 1 is 0.886 bits per heavy atom. The van der Waals surface area contributed by atoms with Gasteiger partial charge in [0.05, 0.1) is 0 Å². The zero-order valence-corrected chi connectivity index (χ0v) is 20.3. The van der Waals surface area contributed by atoms with Crippen molar-refractivity contribution in [2.75, 3.05) is 10.6 Å². The third-order valence-corrected chi connectivity index (χ3v) is 8.19. The van der Waals surface area contributed by atoms with Gasteiger partial charge in [0, 0.05) is 23.2 Å². The van der Waals surface area contributed by atoms with Gasteiger partial charge in [0.15, 0.2) is 10.9 Å². The quantitative estimate of drug-likeness (QED) is 0.379. The minimum Gasteiger partial charge on any atom is -0.451 e. The van der Waals surface area contributed by atoms with Crippen molar-refractivity contribution in [3.05, 3.63) is 60.4 Å². The highest BCUT2D eigenvalue weighted by atomic mass is 32.1. The van der Waals surface area contributed by atoms with Gasteiger partial charge in [-0.05, 0) is 104 Å². The Morgan fingerprint density at radius 3 is 2.23 bits per heavy atom. The Hall–Kier alpha value is -3.19. The van der Waals surface area contributed by atoms with E-state index >= 15 is 0 Å². The molecule has 4 aliphatic rings. The maximum absolute atomic E-state index is 12.9. The van der Waals surface area contributed by atoms with E-state index in [1.807, 2.05) is 36.4 Å². The molecule has 4 aliphatic carbocycles. The summed E-state index contributed by atoms with van der Waals surface area (Å²) in [5.74, 6) is 2.37. The summed E-state index contributed by atoms with van der Waals surface area (Å²) in [6.45, 7) is 0. The number of furan rings is 1. The second-order valence-corrected chi connectivity index (χ2v) is 11.2. The molecule has 4 fully saturated rings. The molecule has 4 saturated carbocycles. The second kappa shape index (κ2) is 8.79. The summed E-state index contributed by atoms with van der Waals surface area (Å²) >= 11 is 5.42. The molecule has 0 aliphatic heterocycles. The number of para-hydroxylation sites is 1. The maximum atomic E-state index is 12.9. The minimum absolute atomic E-state index is 0.00112. The Labute approximate surface area is 209 Å². The van der Waals surface area contributed by atoms with E-state index in [-0.39, 0.29) is 28.1 Å². The molecule has 2 amide bonds. The van der Waals surface area contributed by atoms with E-state index in [9.17, 15) is 9.59 Å². The van der Waals surface area contributed by atoms with Gasteiger partial charge < -0.3 is 20.4 Å². The predicted octanol–water partition coefficient (Wildman–Crippen LogP) is 6.10. The number of fused-ring (bicyclic) bond motifs is 1. The summed E-state index contributed by atoms with van der Waals surface area (Å²) in [6, 6.07) is 16.4. The lowest BCUT2D eigenvalue weighted by atomic mass is 9.49. The van der Waals surface area contributed by atoms with Crippen LogP contribution >= 0.6 is 12.2 Å². The van der Waals surface area contributed by atoms with Crippen molar-refractivity contribution in [2.24, 2.45) is 23.2 Å². The zero-order chi connectivity index (χ0) is 24.0. The number of carbonyl (C=O) groups is 2. The molecule has 1 aromatic heterocycles. The highest BCUT2D eigenvalue weighted by molar-refractivity contribution is 7.80. The first-order chi connectivity index (χ1) is 16.9. The van der Waals surface area contributed by atoms with Crippen LogP contribution in [0.15, 0.2) is 59.0 Å². The number of benzene rings is 2. The second-order valence-electron chi connectivity index (χ2n) is 10.8. The van der Waals surface area contributed by atoms with Crippen molar-refractivity contribution in [1.29, 1.82) is 0 Å². The first-order valence-corrected chi connectivity index (χ1v) is 12.8. The average Bonchev–Trinajstić information content (AvgIpc) is 3.22. The van der Waals surface area contributed by atoms with Crippen molar-refractivity contribution in [1.82, 2.24) is 5.32 Å². The van der Waals surface area contributed by atoms with Crippen molar-refractivity contribution in [3.8, 4) is 0 Å². The van der Waals surface area contributed by atoms with E-state index in [0.29, 0.717) is 23.4 Å². The molecule has 6 nitrogen and oxygen atoms in total. The van der Waals surface area contributed by atoms with Crippen molar-refractivity contribution >= 4 is 51.5 Å². The lowest BCUT2D eigenvalue weighted by Crippen LogP contribution is -2.48. The molecule has 0 unspecified atom stereocenters. The highest BCUT2D eigenvalue weighted by Crippen LogP contribution is 2.61. The van der Waals surface area contributed by atoms with E-state index in [1.54, 1.807) is 18.2 Å². The van der Waals surface area contributed by atoms with Crippen LogP contribution in [0.1, 0.15) is 55.5 Å². The fourth-order valence-electron chi connectivity index (χ4n) is 7.14. The van der Waals surface area contributed by atoms with Crippen LogP contribution < -0.4 is 16.0 Å². The van der Waals surface area contributed by atoms with Gasteiger partial charge >= 0.3 is 0 Å². The third-order valence-electron chi connectivity index (χ3n) is 7.98. The largest absolute Gasteiger partial charge is 0.451 e. The third kappa shape index (κ3) is 4.69. The van der Waals surface area contributed by atoms with Crippen LogP contribution in [0.4, 0.5) is 11.4 Å². The average molecular weight is 488 g/mol. The molecule has 3 aromatic rings. The first-order valence-electron chi connectivity index (χ1n) is 12.4. The maximum Gasteiger partial charge on any atom is 0.291 e. The van der Waals surface area contributed by atoms with Crippen molar-refractivity contribution in [3.63, 3.8) is 0 Å². The smallest absolute Gasteiger partial charge is 0.291 e. The molecule has 180 valence electrons. The van der Waals surface area contributed by atoms with Crippen molar-refractivity contribution < 1.29 is 14.0 Å². The van der Waals surface area contributed by atoms with Crippen LogP contribution in [-0.4, -0.2) is 16.9 Å². The monoisotopic (exact) mass is 487 g/mol. The summed E-state index contributed by atoms with van der Waals surface area (Å²) < 4.78 is 5.64. The number of hydrogen-bond acceptors (Lipinski definition) is 4. The Morgan fingerprint density at radius 2 is 1.54 bits per heavy atom. The van der Waals surface area contributed by atoms with Crippen LogP contribution in [-0.2, 0) is 4.79 Å². The number of anilines is 2. The van der Waals surface area contributed by atoms with Gasteiger partial charge in [0.2, 0.25) is 5.91 Å². The number of rotatable bonds is 5. The van der Waals surface area contributed by atoms with Crippen LogP contribution in [0.3, 0.4) is 0 Å². The number of nitrogens with one attached hydrogen (secondary N) is 3. The van der Waals surface area contributed by atoms with Gasteiger partial charge in [-0.1, -0.05) is 24.3 Å². The van der Waals surface area contributed by atoms with Gasteiger partial charge in [0.25, 0.3) is 5.91 Å². The molecule has 7 rings (SSSR count). The molecule has 4 bridgehead atoms. The summed E-state index contributed by atoms with van der Waals surface area (Å²) in [4.78, 5) is 25.5. The highest BCUT2D eigenvalue weighted by Gasteiger charge is 2.51. The summed E-state index contributed by atoms with van der Waals surface area (Å²) in [6.07, 6.45) is 8.24. The molecule has 0 spiro atoms. The molecule has 0 saturated heterocycles. The number of amides is 2. The van der Waals surface area contributed by atoms with Gasteiger partial charge in [0.1, 0.15) is 5.58 Å². The van der Waals surface area contributed by atoms with Crippen LogP contribution in [0.2, 0.25) is 0 Å². The lowest BCUT2D eigenvalue weighted by molar-refractivity contribution is -0.127. The topological polar surface area (TPSA) is 83.4 Å². The molecular formula is C28H29N3O3S. The molecule has 35 heavy (non-hydrogen) atoms. The summed E-state index contributed by atoms with van der Waals surface area (Å²) in [5, 5.41) is 9.98. The van der Waals surface area contributed by atoms with Crippen LogP contribution in [0.25, 0.3) is 11.0 Å².